The van der Waals surface area contributed by atoms with E-state index in [-0.39, 0.29) is 24.6 Å². The van der Waals surface area contributed by atoms with Crippen molar-refractivity contribution in [1.82, 2.24) is 5.32 Å². The maximum atomic E-state index is 12.4. The van der Waals surface area contributed by atoms with Gasteiger partial charge >= 0.3 is 6.03 Å². The molecule has 2 aromatic rings. The summed E-state index contributed by atoms with van der Waals surface area (Å²) in [6, 6.07) is 13.8. The second kappa shape index (κ2) is 8.83. The molecule has 2 aliphatic rings. The number of carbonyl (C=O) groups excluding carboxylic acids is 2. The van der Waals surface area contributed by atoms with E-state index in [9.17, 15) is 9.59 Å². The molecular formula is C21H23N3O5. The van der Waals surface area contributed by atoms with E-state index in [0.29, 0.717) is 29.4 Å². The molecule has 2 unspecified atom stereocenters. The van der Waals surface area contributed by atoms with Crippen LogP contribution in [0.3, 0.4) is 0 Å². The fourth-order valence-electron chi connectivity index (χ4n) is 3.20. The standard InChI is InChI=1S/C21H23N3O5/c25-20(19-13-28-17-5-1-2-6-18(17)29-19)23-14-7-9-15(10-8-14)24-21(26)22-12-16-4-3-11-27-16/h1-2,5-10,16,19H,3-4,11-13H2,(H,23,25)(H2,22,24,26). The molecule has 4 rings (SSSR count). The van der Waals surface area contributed by atoms with Crippen molar-refractivity contribution in [2.24, 2.45) is 0 Å². The Morgan fingerprint density at radius 2 is 1.69 bits per heavy atom. The fourth-order valence-corrected chi connectivity index (χ4v) is 3.20. The van der Waals surface area contributed by atoms with Crippen molar-refractivity contribution in [3.63, 3.8) is 0 Å². The summed E-state index contributed by atoms with van der Waals surface area (Å²) in [6.07, 6.45) is 1.37. The van der Waals surface area contributed by atoms with Crippen molar-refractivity contribution < 1.29 is 23.8 Å². The van der Waals surface area contributed by atoms with Crippen LogP contribution in [-0.2, 0) is 9.53 Å². The molecule has 8 heteroatoms. The zero-order valence-electron chi connectivity index (χ0n) is 15.9. The van der Waals surface area contributed by atoms with Crippen LogP contribution >= 0.6 is 0 Å². The molecule has 3 amide bonds. The fraction of sp³-hybridized carbons (Fsp3) is 0.333. The van der Waals surface area contributed by atoms with Crippen molar-refractivity contribution in [2.75, 3.05) is 30.4 Å². The van der Waals surface area contributed by atoms with Gasteiger partial charge in [-0.05, 0) is 49.2 Å². The lowest BCUT2D eigenvalue weighted by Gasteiger charge is -2.25. The summed E-state index contributed by atoms with van der Waals surface area (Å²) in [5.74, 6) is 0.881. The van der Waals surface area contributed by atoms with Crippen molar-refractivity contribution >= 4 is 23.3 Å². The van der Waals surface area contributed by atoms with Gasteiger partial charge in [0.05, 0.1) is 6.10 Å². The summed E-state index contributed by atoms with van der Waals surface area (Å²) in [5, 5.41) is 8.35. The highest BCUT2D eigenvalue weighted by Crippen LogP contribution is 2.31. The Morgan fingerprint density at radius 1 is 0.966 bits per heavy atom. The van der Waals surface area contributed by atoms with Crippen LogP contribution < -0.4 is 25.4 Å². The van der Waals surface area contributed by atoms with Crippen LogP contribution in [0.4, 0.5) is 16.2 Å². The molecule has 8 nitrogen and oxygen atoms in total. The molecule has 1 saturated heterocycles. The first kappa shape index (κ1) is 19.1. The molecule has 1 fully saturated rings. The van der Waals surface area contributed by atoms with Crippen molar-refractivity contribution in [1.29, 1.82) is 0 Å². The van der Waals surface area contributed by atoms with E-state index in [1.54, 1.807) is 36.4 Å². The average molecular weight is 397 g/mol. The predicted molar refractivity (Wildman–Crippen MR) is 107 cm³/mol. The SMILES string of the molecule is O=C(NCC1CCCO1)Nc1ccc(NC(=O)C2COc3ccccc3O2)cc1. The highest BCUT2D eigenvalue weighted by molar-refractivity contribution is 5.95. The number of amides is 3. The molecule has 2 aliphatic heterocycles. The molecule has 0 saturated carbocycles. The largest absolute Gasteiger partial charge is 0.485 e. The lowest BCUT2D eigenvalue weighted by molar-refractivity contribution is -0.125. The molecule has 152 valence electrons. The van der Waals surface area contributed by atoms with Gasteiger partial charge in [-0.2, -0.15) is 0 Å². The number of urea groups is 1. The molecule has 0 spiro atoms. The van der Waals surface area contributed by atoms with Gasteiger partial charge in [-0.3, -0.25) is 4.79 Å². The molecule has 2 aromatic carbocycles. The summed E-state index contributed by atoms with van der Waals surface area (Å²) in [4.78, 5) is 24.4. The topological polar surface area (TPSA) is 97.9 Å². The molecular weight excluding hydrogens is 374 g/mol. The van der Waals surface area contributed by atoms with Crippen LogP contribution in [0.15, 0.2) is 48.5 Å². The Kier molecular flexibility index (Phi) is 5.81. The number of ether oxygens (including phenoxy) is 3. The van der Waals surface area contributed by atoms with Gasteiger partial charge in [0.2, 0.25) is 6.10 Å². The minimum atomic E-state index is -0.730. The Labute approximate surface area is 168 Å². The zero-order valence-corrected chi connectivity index (χ0v) is 15.9. The minimum Gasteiger partial charge on any atom is -0.485 e. The summed E-state index contributed by atoms with van der Waals surface area (Å²) in [5.41, 5.74) is 1.22. The van der Waals surface area contributed by atoms with Gasteiger partial charge in [0.15, 0.2) is 11.5 Å². The predicted octanol–water partition coefficient (Wildman–Crippen LogP) is 2.77. The quantitative estimate of drug-likeness (QED) is 0.721. The van der Waals surface area contributed by atoms with Gasteiger partial charge in [-0.15, -0.1) is 0 Å². The number of nitrogens with one attached hydrogen (secondary N) is 3. The van der Waals surface area contributed by atoms with E-state index < -0.39 is 6.10 Å². The van der Waals surface area contributed by atoms with Crippen LogP contribution in [-0.4, -0.2) is 43.9 Å². The van der Waals surface area contributed by atoms with E-state index in [1.807, 2.05) is 12.1 Å². The van der Waals surface area contributed by atoms with E-state index >= 15 is 0 Å². The highest BCUT2D eigenvalue weighted by atomic mass is 16.6. The third-order valence-corrected chi connectivity index (χ3v) is 4.73. The van der Waals surface area contributed by atoms with E-state index in [2.05, 4.69) is 16.0 Å². The Balaban J connectivity index is 1.26. The molecule has 3 N–H and O–H groups in total. The van der Waals surface area contributed by atoms with Gasteiger partial charge < -0.3 is 30.2 Å². The van der Waals surface area contributed by atoms with Crippen molar-refractivity contribution in [3.8, 4) is 11.5 Å². The van der Waals surface area contributed by atoms with Gasteiger partial charge in [0.1, 0.15) is 6.61 Å². The maximum absolute atomic E-state index is 12.4. The number of carbonyl (C=O) groups is 2. The van der Waals surface area contributed by atoms with Crippen LogP contribution in [0.2, 0.25) is 0 Å². The minimum absolute atomic E-state index is 0.0938. The molecule has 0 aromatic heterocycles. The second-order valence-corrected chi connectivity index (χ2v) is 6.90. The van der Waals surface area contributed by atoms with Gasteiger partial charge in [0.25, 0.3) is 5.91 Å². The Bertz CT molecular complexity index is 865. The van der Waals surface area contributed by atoms with E-state index in [1.165, 1.54) is 0 Å². The molecule has 0 aliphatic carbocycles. The summed E-state index contributed by atoms with van der Waals surface area (Å²) in [7, 11) is 0. The monoisotopic (exact) mass is 397 g/mol. The number of rotatable bonds is 5. The van der Waals surface area contributed by atoms with Crippen molar-refractivity contribution in [2.45, 2.75) is 25.0 Å². The normalized spacial score (nSPS) is 20.0. The third-order valence-electron chi connectivity index (χ3n) is 4.73. The van der Waals surface area contributed by atoms with Crippen LogP contribution in [0.1, 0.15) is 12.8 Å². The summed E-state index contributed by atoms with van der Waals surface area (Å²) < 4.78 is 16.7. The van der Waals surface area contributed by atoms with Gasteiger partial charge in [0, 0.05) is 24.5 Å². The van der Waals surface area contributed by atoms with Crippen LogP contribution in [0.25, 0.3) is 0 Å². The van der Waals surface area contributed by atoms with Crippen molar-refractivity contribution in [3.05, 3.63) is 48.5 Å². The highest BCUT2D eigenvalue weighted by Gasteiger charge is 2.27. The lowest BCUT2D eigenvalue weighted by atomic mass is 10.2. The number of fused-ring (bicyclic) bond motifs is 1. The van der Waals surface area contributed by atoms with E-state index in [0.717, 1.165) is 19.4 Å². The number of para-hydroxylation sites is 2. The zero-order chi connectivity index (χ0) is 20.1. The first-order valence-corrected chi connectivity index (χ1v) is 9.63. The molecule has 0 bridgehead atoms. The summed E-state index contributed by atoms with van der Waals surface area (Å²) in [6.45, 7) is 1.39. The van der Waals surface area contributed by atoms with Gasteiger partial charge in [-0.25, -0.2) is 4.79 Å². The maximum Gasteiger partial charge on any atom is 0.319 e. The molecule has 2 heterocycles. The number of benzene rings is 2. The smallest absolute Gasteiger partial charge is 0.319 e. The Hall–Kier alpha value is -3.26. The summed E-state index contributed by atoms with van der Waals surface area (Å²) >= 11 is 0. The molecule has 29 heavy (non-hydrogen) atoms. The second-order valence-electron chi connectivity index (χ2n) is 6.90. The lowest BCUT2D eigenvalue weighted by Crippen LogP contribution is -2.40. The first-order chi connectivity index (χ1) is 14.2. The number of hydrogen-bond acceptors (Lipinski definition) is 5. The Morgan fingerprint density at radius 3 is 2.41 bits per heavy atom. The van der Waals surface area contributed by atoms with E-state index in [4.69, 9.17) is 14.2 Å². The van der Waals surface area contributed by atoms with Gasteiger partial charge in [-0.1, -0.05) is 12.1 Å². The van der Waals surface area contributed by atoms with Crippen LogP contribution in [0.5, 0.6) is 11.5 Å². The molecule has 2 atom stereocenters. The first-order valence-electron chi connectivity index (χ1n) is 9.63. The number of hydrogen-bond donors (Lipinski definition) is 3. The number of anilines is 2. The third kappa shape index (κ3) is 4.97. The average Bonchev–Trinajstić information content (AvgIpc) is 3.27. The molecule has 0 radical (unpaired) electrons. The van der Waals surface area contributed by atoms with Crippen LogP contribution in [0, 0.1) is 0 Å².